The van der Waals surface area contributed by atoms with Crippen LogP contribution in [-0.2, 0) is 14.3 Å². The van der Waals surface area contributed by atoms with Crippen LogP contribution in [0.3, 0.4) is 0 Å². The number of nitrogens with zero attached hydrogens (tertiary/aromatic N) is 1. The third-order valence-corrected chi connectivity index (χ3v) is 4.23. The van der Waals surface area contributed by atoms with Gasteiger partial charge in [0, 0.05) is 13.0 Å². The monoisotopic (exact) mass is 321 g/mol. The fourth-order valence-corrected chi connectivity index (χ4v) is 2.81. The first-order chi connectivity index (χ1) is 11.1. The lowest BCUT2D eigenvalue weighted by atomic mass is 9.92. The van der Waals surface area contributed by atoms with Crippen molar-refractivity contribution in [3.8, 4) is 5.75 Å². The number of carbonyl (C=O) groups excluding carboxylic acids is 1. The van der Waals surface area contributed by atoms with Crippen molar-refractivity contribution >= 4 is 11.9 Å². The maximum Gasteiger partial charge on any atom is 0.328 e. The van der Waals surface area contributed by atoms with Gasteiger partial charge in [0.2, 0.25) is 5.91 Å². The van der Waals surface area contributed by atoms with Gasteiger partial charge in [-0.15, -0.1) is 0 Å². The van der Waals surface area contributed by atoms with Gasteiger partial charge in [0.05, 0.1) is 20.3 Å². The molecule has 2 atom stereocenters. The molecule has 6 nitrogen and oxygen atoms in total. The summed E-state index contributed by atoms with van der Waals surface area (Å²) in [5.74, 6) is -0.321. The highest BCUT2D eigenvalue weighted by Gasteiger charge is 2.33. The van der Waals surface area contributed by atoms with Crippen molar-refractivity contribution in [2.45, 2.75) is 31.7 Å². The Bertz CT molecular complexity index is 542. The van der Waals surface area contributed by atoms with E-state index in [1.54, 1.807) is 7.11 Å². The molecular weight excluding hydrogens is 298 g/mol. The highest BCUT2D eigenvalue weighted by atomic mass is 16.5. The minimum Gasteiger partial charge on any atom is -0.497 e. The molecule has 1 aromatic carbocycles. The van der Waals surface area contributed by atoms with E-state index in [1.165, 1.54) is 4.90 Å². The topological polar surface area (TPSA) is 76.1 Å². The van der Waals surface area contributed by atoms with Crippen LogP contribution in [0, 0.1) is 0 Å². The van der Waals surface area contributed by atoms with Crippen molar-refractivity contribution < 1.29 is 24.2 Å². The predicted octanol–water partition coefficient (Wildman–Crippen LogP) is 1.89. The highest BCUT2D eigenvalue weighted by Crippen LogP contribution is 2.26. The number of hydrogen-bond acceptors (Lipinski definition) is 4. The largest absolute Gasteiger partial charge is 0.497 e. The smallest absolute Gasteiger partial charge is 0.328 e. The van der Waals surface area contributed by atoms with Crippen LogP contribution in [-0.4, -0.2) is 54.8 Å². The zero-order chi connectivity index (χ0) is 16.8. The SMILES string of the molecule is CCC(CC(=O)N1CCOCC1C(=O)O)c1ccc(OC)cc1. The van der Waals surface area contributed by atoms with Crippen LogP contribution < -0.4 is 4.74 Å². The third kappa shape index (κ3) is 4.22. The average Bonchev–Trinajstić information content (AvgIpc) is 2.59. The molecule has 1 aliphatic rings. The van der Waals surface area contributed by atoms with Gasteiger partial charge in [0.15, 0.2) is 6.04 Å². The van der Waals surface area contributed by atoms with Crippen molar-refractivity contribution in [3.05, 3.63) is 29.8 Å². The molecule has 0 spiro atoms. The Morgan fingerprint density at radius 1 is 1.39 bits per heavy atom. The van der Waals surface area contributed by atoms with Gasteiger partial charge in [-0.2, -0.15) is 0 Å². The van der Waals surface area contributed by atoms with Crippen LogP contribution in [0.25, 0.3) is 0 Å². The predicted molar refractivity (Wildman–Crippen MR) is 84.6 cm³/mol. The summed E-state index contributed by atoms with van der Waals surface area (Å²) in [5.41, 5.74) is 1.06. The number of carboxylic acids is 1. The van der Waals surface area contributed by atoms with Gasteiger partial charge in [-0.1, -0.05) is 19.1 Å². The summed E-state index contributed by atoms with van der Waals surface area (Å²) in [4.78, 5) is 25.3. The zero-order valence-electron chi connectivity index (χ0n) is 13.5. The molecule has 0 radical (unpaired) electrons. The highest BCUT2D eigenvalue weighted by molar-refractivity contribution is 5.84. The molecule has 6 heteroatoms. The molecule has 23 heavy (non-hydrogen) atoms. The van der Waals surface area contributed by atoms with E-state index in [-0.39, 0.29) is 18.4 Å². The van der Waals surface area contributed by atoms with E-state index < -0.39 is 12.0 Å². The number of carbonyl (C=O) groups is 2. The third-order valence-electron chi connectivity index (χ3n) is 4.23. The van der Waals surface area contributed by atoms with Gasteiger partial charge >= 0.3 is 5.97 Å². The minimum atomic E-state index is -1.02. The zero-order valence-corrected chi connectivity index (χ0v) is 13.5. The van der Waals surface area contributed by atoms with Crippen LogP contribution in [0.5, 0.6) is 5.75 Å². The number of morpholine rings is 1. The molecule has 0 aliphatic carbocycles. The molecule has 1 fully saturated rings. The quantitative estimate of drug-likeness (QED) is 0.866. The standard InChI is InChI=1S/C17H23NO5/c1-3-12(13-4-6-14(22-2)7-5-13)10-16(19)18-8-9-23-11-15(18)17(20)21/h4-7,12,15H,3,8-11H2,1-2H3,(H,20,21). The molecule has 126 valence electrons. The van der Waals surface area contributed by atoms with Crippen molar-refractivity contribution in [1.82, 2.24) is 4.90 Å². The van der Waals surface area contributed by atoms with Crippen LogP contribution in [0.15, 0.2) is 24.3 Å². The summed E-state index contributed by atoms with van der Waals surface area (Å²) >= 11 is 0. The summed E-state index contributed by atoms with van der Waals surface area (Å²) in [6.07, 6.45) is 1.10. The number of aliphatic carboxylic acids is 1. The maximum atomic E-state index is 12.6. The number of hydrogen-bond donors (Lipinski definition) is 1. The molecule has 1 aromatic rings. The minimum absolute atomic E-state index is 0.0560. The van der Waals surface area contributed by atoms with Crippen molar-refractivity contribution in [2.24, 2.45) is 0 Å². The normalized spacial score (nSPS) is 19.2. The van der Waals surface area contributed by atoms with Gasteiger partial charge in [0.25, 0.3) is 0 Å². The Balaban J connectivity index is 2.07. The molecule has 0 aromatic heterocycles. The molecular formula is C17H23NO5. The van der Waals surface area contributed by atoms with E-state index in [4.69, 9.17) is 9.47 Å². The molecule has 1 aliphatic heterocycles. The lowest BCUT2D eigenvalue weighted by molar-refractivity contribution is -0.158. The maximum absolute atomic E-state index is 12.6. The average molecular weight is 321 g/mol. The summed E-state index contributed by atoms with van der Waals surface area (Å²) < 4.78 is 10.3. The summed E-state index contributed by atoms with van der Waals surface area (Å²) in [7, 11) is 1.61. The van der Waals surface area contributed by atoms with Gasteiger partial charge in [-0.25, -0.2) is 4.79 Å². The van der Waals surface area contributed by atoms with Crippen molar-refractivity contribution in [3.63, 3.8) is 0 Å². The molecule has 1 N–H and O–H groups in total. The van der Waals surface area contributed by atoms with E-state index in [9.17, 15) is 14.7 Å². The van der Waals surface area contributed by atoms with Crippen LogP contribution in [0.2, 0.25) is 0 Å². The molecule has 1 heterocycles. The summed E-state index contributed by atoms with van der Waals surface area (Å²) in [6, 6.07) is 6.77. The number of carboxylic acid groups (broad SMARTS) is 1. The van der Waals surface area contributed by atoms with E-state index in [2.05, 4.69) is 0 Å². The Labute approximate surface area is 136 Å². The van der Waals surface area contributed by atoms with E-state index in [1.807, 2.05) is 31.2 Å². The Morgan fingerprint density at radius 2 is 2.09 bits per heavy atom. The Morgan fingerprint density at radius 3 is 2.65 bits per heavy atom. The Kier molecular flexibility index (Phi) is 5.98. The van der Waals surface area contributed by atoms with Crippen LogP contribution in [0.4, 0.5) is 0 Å². The lowest BCUT2D eigenvalue weighted by Gasteiger charge is -2.33. The second-order valence-corrected chi connectivity index (χ2v) is 5.60. The van der Waals surface area contributed by atoms with E-state index in [0.717, 1.165) is 17.7 Å². The summed E-state index contributed by atoms with van der Waals surface area (Å²) in [6.45, 7) is 2.79. The van der Waals surface area contributed by atoms with Gasteiger partial charge in [-0.3, -0.25) is 4.79 Å². The first kappa shape index (κ1) is 17.3. The molecule has 1 amide bonds. The van der Waals surface area contributed by atoms with Gasteiger partial charge in [0.1, 0.15) is 5.75 Å². The Hall–Kier alpha value is -2.08. The molecule has 0 saturated carbocycles. The lowest BCUT2D eigenvalue weighted by Crippen LogP contribution is -2.52. The second-order valence-electron chi connectivity index (χ2n) is 5.60. The molecule has 1 saturated heterocycles. The van der Waals surface area contributed by atoms with Crippen molar-refractivity contribution in [2.75, 3.05) is 26.9 Å². The van der Waals surface area contributed by atoms with Crippen molar-refractivity contribution in [1.29, 1.82) is 0 Å². The number of ether oxygens (including phenoxy) is 2. The number of benzene rings is 1. The van der Waals surface area contributed by atoms with E-state index in [0.29, 0.717) is 19.6 Å². The van der Waals surface area contributed by atoms with Crippen LogP contribution >= 0.6 is 0 Å². The van der Waals surface area contributed by atoms with Gasteiger partial charge in [-0.05, 0) is 30.0 Å². The molecule has 2 unspecified atom stereocenters. The first-order valence-corrected chi connectivity index (χ1v) is 7.80. The second kappa shape index (κ2) is 7.97. The summed E-state index contributed by atoms with van der Waals surface area (Å²) in [5, 5.41) is 9.24. The van der Waals surface area contributed by atoms with Gasteiger partial charge < -0.3 is 19.5 Å². The molecule has 0 bridgehead atoms. The fraction of sp³-hybridized carbons (Fsp3) is 0.529. The van der Waals surface area contributed by atoms with Crippen LogP contribution in [0.1, 0.15) is 31.2 Å². The molecule has 2 rings (SSSR count). The number of amides is 1. The number of methoxy groups -OCH3 is 1. The first-order valence-electron chi connectivity index (χ1n) is 7.80. The number of rotatable bonds is 6. The fourth-order valence-electron chi connectivity index (χ4n) is 2.81. The van der Waals surface area contributed by atoms with E-state index >= 15 is 0 Å².